The maximum absolute atomic E-state index is 6.51. The summed E-state index contributed by atoms with van der Waals surface area (Å²) in [6.45, 7) is 2.16. The first-order valence-electron chi connectivity index (χ1n) is 9.93. The summed E-state index contributed by atoms with van der Waals surface area (Å²) >= 11 is 4.58. The molecule has 1 fully saturated rings. The van der Waals surface area contributed by atoms with Gasteiger partial charge in [-0.15, -0.1) is 25.0 Å². The van der Waals surface area contributed by atoms with E-state index in [0.29, 0.717) is 17.8 Å². The Balaban J connectivity index is 1.49. The van der Waals surface area contributed by atoms with E-state index in [4.69, 9.17) is 11.2 Å². The van der Waals surface area contributed by atoms with Crippen LogP contribution in [0.5, 0.6) is 5.75 Å². The van der Waals surface area contributed by atoms with Crippen LogP contribution in [0.1, 0.15) is 36.5 Å². The largest absolute Gasteiger partial charge is 0.484 e. The predicted molar refractivity (Wildman–Crippen MR) is 113 cm³/mol. The van der Waals surface area contributed by atoms with E-state index in [2.05, 4.69) is 48.1 Å². The van der Waals surface area contributed by atoms with Crippen LogP contribution in [0.25, 0.3) is 0 Å². The third-order valence-electron chi connectivity index (χ3n) is 6.16. The highest BCUT2D eigenvalue weighted by Crippen LogP contribution is 2.43. The first kappa shape index (κ1) is 18.5. The molecule has 4 rings (SSSR count). The molecule has 3 heteroatoms. The minimum Gasteiger partial charge on any atom is -0.484 e. The van der Waals surface area contributed by atoms with Crippen molar-refractivity contribution >= 4 is 12.6 Å². The van der Waals surface area contributed by atoms with Gasteiger partial charge in [-0.1, -0.05) is 36.4 Å². The highest BCUT2D eigenvalue weighted by molar-refractivity contribution is 7.80. The fraction of sp³-hybridized carbons (Fsp3) is 0.417. The van der Waals surface area contributed by atoms with Crippen molar-refractivity contribution in [3.8, 4) is 18.1 Å². The second-order valence-corrected chi connectivity index (χ2v) is 8.32. The molecule has 0 amide bonds. The zero-order valence-corrected chi connectivity index (χ0v) is 16.5. The average molecular weight is 378 g/mol. The molecule has 2 aliphatic rings. The van der Waals surface area contributed by atoms with E-state index in [1.54, 1.807) is 0 Å². The summed E-state index contributed by atoms with van der Waals surface area (Å²) in [5.41, 5.74) is 2.76. The lowest BCUT2D eigenvalue weighted by molar-refractivity contribution is 0.134. The Hall–Kier alpha value is -1.89. The number of para-hydroxylation sites is 1. The van der Waals surface area contributed by atoms with Crippen molar-refractivity contribution in [3.63, 3.8) is 0 Å². The third kappa shape index (κ3) is 4.03. The number of fused-ring (bicyclic) bond motifs is 1. The van der Waals surface area contributed by atoms with Crippen molar-refractivity contribution in [2.45, 2.75) is 36.7 Å². The molecule has 2 aromatic carbocycles. The van der Waals surface area contributed by atoms with Crippen molar-refractivity contribution < 1.29 is 4.74 Å². The Morgan fingerprint density at radius 3 is 2.59 bits per heavy atom. The summed E-state index contributed by atoms with van der Waals surface area (Å²) in [7, 11) is 0. The van der Waals surface area contributed by atoms with Crippen LogP contribution in [0.15, 0.2) is 53.4 Å². The molecule has 0 bridgehead atoms. The number of ether oxygens (including phenoxy) is 1. The van der Waals surface area contributed by atoms with Gasteiger partial charge in [0.1, 0.15) is 11.9 Å². The van der Waals surface area contributed by atoms with E-state index >= 15 is 0 Å². The molecule has 140 valence electrons. The maximum atomic E-state index is 6.51. The Morgan fingerprint density at radius 2 is 1.74 bits per heavy atom. The number of benzene rings is 2. The number of hydrogen-bond acceptors (Lipinski definition) is 3. The molecule has 1 aliphatic heterocycles. The van der Waals surface area contributed by atoms with Crippen molar-refractivity contribution in [2.24, 2.45) is 17.8 Å². The van der Waals surface area contributed by atoms with Gasteiger partial charge in [0.25, 0.3) is 0 Å². The molecule has 0 radical (unpaired) electrons. The second-order valence-electron chi connectivity index (χ2n) is 7.83. The van der Waals surface area contributed by atoms with E-state index in [0.717, 1.165) is 36.6 Å². The summed E-state index contributed by atoms with van der Waals surface area (Å²) in [6.07, 6.45) is 10.0. The van der Waals surface area contributed by atoms with Gasteiger partial charge in [0.2, 0.25) is 0 Å². The van der Waals surface area contributed by atoms with Crippen LogP contribution in [0.2, 0.25) is 0 Å². The van der Waals surface area contributed by atoms with E-state index < -0.39 is 0 Å². The SMILES string of the molecule is C#CC[C@H]1CNC[C@H]1CC[C@@H]1Cc2ccccc2[C@H]1Oc1ccccc1S. The lowest BCUT2D eigenvalue weighted by Crippen LogP contribution is -2.18. The zero-order chi connectivity index (χ0) is 18.6. The third-order valence-corrected chi connectivity index (χ3v) is 6.53. The lowest BCUT2D eigenvalue weighted by Gasteiger charge is -2.25. The fourth-order valence-corrected chi connectivity index (χ4v) is 4.90. The molecule has 0 aromatic heterocycles. The molecular formula is C24H27NOS. The zero-order valence-electron chi connectivity index (χ0n) is 15.6. The van der Waals surface area contributed by atoms with Gasteiger partial charge < -0.3 is 10.1 Å². The van der Waals surface area contributed by atoms with Crippen molar-refractivity contribution in [2.75, 3.05) is 13.1 Å². The Kier molecular flexibility index (Phi) is 5.76. The van der Waals surface area contributed by atoms with E-state index in [9.17, 15) is 0 Å². The number of nitrogens with one attached hydrogen (secondary N) is 1. The number of rotatable bonds is 6. The highest BCUT2D eigenvalue weighted by Gasteiger charge is 2.35. The fourth-order valence-electron chi connectivity index (χ4n) is 4.69. The Labute approximate surface area is 168 Å². The molecule has 0 saturated carbocycles. The van der Waals surface area contributed by atoms with Crippen LogP contribution >= 0.6 is 12.6 Å². The quantitative estimate of drug-likeness (QED) is 0.551. The summed E-state index contributed by atoms with van der Waals surface area (Å²) < 4.78 is 6.51. The van der Waals surface area contributed by atoms with Gasteiger partial charge in [-0.2, -0.15) is 0 Å². The number of terminal acetylenes is 1. The lowest BCUT2D eigenvalue weighted by atomic mass is 9.85. The molecule has 1 heterocycles. The van der Waals surface area contributed by atoms with Gasteiger partial charge in [-0.05, 0) is 67.4 Å². The monoisotopic (exact) mass is 377 g/mol. The molecule has 2 aromatic rings. The molecule has 0 spiro atoms. The number of hydrogen-bond donors (Lipinski definition) is 2. The first-order chi connectivity index (χ1) is 13.3. The summed E-state index contributed by atoms with van der Waals surface area (Å²) in [5, 5.41) is 3.52. The van der Waals surface area contributed by atoms with Gasteiger partial charge in [-0.3, -0.25) is 0 Å². The molecule has 27 heavy (non-hydrogen) atoms. The van der Waals surface area contributed by atoms with Crippen LogP contribution in [-0.4, -0.2) is 13.1 Å². The van der Waals surface area contributed by atoms with Crippen molar-refractivity contribution in [3.05, 3.63) is 59.7 Å². The normalized spacial score (nSPS) is 26.5. The maximum Gasteiger partial charge on any atom is 0.133 e. The van der Waals surface area contributed by atoms with Crippen LogP contribution < -0.4 is 10.1 Å². The standard InChI is InChI=1S/C24H27NOS/c1-2-7-19-15-25-16-20(19)13-12-18-14-17-8-3-4-9-21(17)24(18)26-22-10-5-6-11-23(22)27/h1,3-6,8-11,18-20,24-25,27H,7,12-16H2/t18-,19+,20-,24+/m1/s1. The first-order valence-corrected chi connectivity index (χ1v) is 10.4. The van der Waals surface area contributed by atoms with Crippen LogP contribution in [0, 0.1) is 30.1 Å². The molecule has 4 atom stereocenters. The molecular weight excluding hydrogens is 350 g/mol. The summed E-state index contributed by atoms with van der Waals surface area (Å²) in [6, 6.07) is 16.7. The van der Waals surface area contributed by atoms with Crippen LogP contribution in [-0.2, 0) is 6.42 Å². The van der Waals surface area contributed by atoms with Gasteiger partial charge >= 0.3 is 0 Å². The van der Waals surface area contributed by atoms with Crippen molar-refractivity contribution in [1.29, 1.82) is 0 Å². The van der Waals surface area contributed by atoms with Gasteiger partial charge in [0.05, 0.1) is 0 Å². The van der Waals surface area contributed by atoms with Gasteiger partial charge in [0, 0.05) is 17.2 Å². The van der Waals surface area contributed by atoms with Crippen molar-refractivity contribution in [1.82, 2.24) is 5.32 Å². The van der Waals surface area contributed by atoms with Gasteiger partial charge in [-0.25, -0.2) is 0 Å². The summed E-state index contributed by atoms with van der Waals surface area (Å²) in [4.78, 5) is 0.898. The van der Waals surface area contributed by atoms with E-state index in [-0.39, 0.29) is 6.10 Å². The summed E-state index contributed by atoms with van der Waals surface area (Å²) in [5.74, 6) is 5.54. The molecule has 1 aliphatic carbocycles. The Bertz CT molecular complexity index is 827. The predicted octanol–water partition coefficient (Wildman–Crippen LogP) is 4.91. The minimum absolute atomic E-state index is 0.106. The molecule has 1 N–H and O–H groups in total. The number of thiol groups is 1. The Morgan fingerprint density at radius 1 is 1.00 bits per heavy atom. The average Bonchev–Trinajstić information content (AvgIpc) is 3.27. The smallest absolute Gasteiger partial charge is 0.133 e. The second kappa shape index (κ2) is 8.42. The van der Waals surface area contributed by atoms with Crippen LogP contribution in [0.3, 0.4) is 0 Å². The highest BCUT2D eigenvalue weighted by atomic mass is 32.1. The topological polar surface area (TPSA) is 21.3 Å². The molecule has 2 nitrogen and oxygen atoms in total. The van der Waals surface area contributed by atoms with E-state index in [1.165, 1.54) is 24.0 Å². The van der Waals surface area contributed by atoms with E-state index in [1.807, 2.05) is 24.3 Å². The van der Waals surface area contributed by atoms with Crippen LogP contribution in [0.4, 0.5) is 0 Å². The minimum atomic E-state index is 0.106. The van der Waals surface area contributed by atoms with Gasteiger partial charge in [0.15, 0.2) is 0 Å². The molecule has 0 unspecified atom stereocenters. The molecule has 1 saturated heterocycles.